The minimum Gasteiger partial charge on any atom is -0.293 e. The molecule has 3 aromatic rings. The van der Waals surface area contributed by atoms with Gasteiger partial charge < -0.3 is 0 Å². The summed E-state index contributed by atoms with van der Waals surface area (Å²) >= 11 is 1.50. The second-order valence-electron chi connectivity index (χ2n) is 4.83. The molecule has 4 rings (SSSR count). The maximum atomic E-state index is 11.9. The molecule has 0 aliphatic heterocycles. The predicted molar refractivity (Wildman–Crippen MR) is 77.9 cm³/mol. The van der Waals surface area contributed by atoms with E-state index in [2.05, 4.69) is 15.0 Å². The van der Waals surface area contributed by atoms with E-state index in [4.69, 9.17) is 0 Å². The minimum atomic E-state index is 0.232. The number of carbonyl (C=O) groups excluding carboxylic acids is 1. The van der Waals surface area contributed by atoms with Crippen LogP contribution in [0.25, 0.3) is 21.6 Å². The van der Waals surface area contributed by atoms with Crippen molar-refractivity contribution in [3.8, 4) is 10.6 Å². The monoisotopic (exact) mass is 281 g/mol. The Morgan fingerprint density at radius 2 is 1.90 bits per heavy atom. The first-order chi connectivity index (χ1) is 9.81. The Morgan fingerprint density at radius 3 is 2.75 bits per heavy atom. The molecule has 0 fully saturated rings. The molecule has 0 spiro atoms. The SMILES string of the molecule is O=C1CCCc2nc(-c3ccc4nccnc4c3)sc21. The van der Waals surface area contributed by atoms with Crippen molar-refractivity contribution < 1.29 is 4.79 Å². The van der Waals surface area contributed by atoms with Gasteiger partial charge in [0, 0.05) is 24.4 Å². The lowest BCUT2D eigenvalue weighted by Gasteiger charge is -2.06. The van der Waals surface area contributed by atoms with Gasteiger partial charge in [-0.15, -0.1) is 11.3 Å². The number of nitrogens with zero attached hydrogens (tertiary/aromatic N) is 3. The molecule has 0 N–H and O–H groups in total. The fraction of sp³-hybridized carbons (Fsp3) is 0.200. The summed E-state index contributed by atoms with van der Waals surface area (Å²) in [7, 11) is 0. The zero-order chi connectivity index (χ0) is 13.5. The Kier molecular flexibility index (Phi) is 2.60. The van der Waals surface area contributed by atoms with E-state index in [1.54, 1.807) is 12.4 Å². The summed E-state index contributed by atoms with van der Waals surface area (Å²) in [5, 5.41) is 0.901. The van der Waals surface area contributed by atoms with Gasteiger partial charge in [-0.25, -0.2) is 4.98 Å². The molecule has 20 heavy (non-hydrogen) atoms. The van der Waals surface area contributed by atoms with E-state index < -0.39 is 0 Å². The number of thiazole rings is 1. The molecule has 2 aromatic heterocycles. The first kappa shape index (κ1) is 11.7. The van der Waals surface area contributed by atoms with Crippen LogP contribution in [-0.4, -0.2) is 20.7 Å². The molecule has 0 unspecified atom stereocenters. The van der Waals surface area contributed by atoms with Gasteiger partial charge >= 0.3 is 0 Å². The van der Waals surface area contributed by atoms with Gasteiger partial charge in [-0.1, -0.05) is 0 Å². The average Bonchev–Trinajstić information content (AvgIpc) is 2.92. The molecule has 4 nitrogen and oxygen atoms in total. The molecule has 0 amide bonds. The van der Waals surface area contributed by atoms with Crippen LogP contribution in [0.15, 0.2) is 30.6 Å². The van der Waals surface area contributed by atoms with E-state index in [1.807, 2.05) is 18.2 Å². The van der Waals surface area contributed by atoms with E-state index in [1.165, 1.54) is 11.3 Å². The van der Waals surface area contributed by atoms with Gasteiger partial charge in [0.25, 0.3) is 0 Å². The van der Waals surface area contributed by atoms with Gasteiger partial charge in [0.1, 0.15) is 5.01 Å². The molecule has 0 saturated heterocycles. The van der Waals surface area contributed by atoms with Gasteiger partial charge in [-0.2, -0.15) is 0 Å². The Morgan fingerprint density at radius 1 is 1.05 bits per heavy atom. The van der Waals surface area contributed by atoms with Crippen LogP contribution >= 0.6 is 11.3 Å². The Hall–Kier alpha value is -2.14. The van der Waals surface area contributed by atoms with Crippen molar-refractivity contribution in [2.24, 2.45) is 0 Å². The molecule has 5 heteroatoms. The molecule has 1 aliphatic rings. The molecule has 0 atom stereocenters. The molecule has 98 valence electrons. The predicted octanol–water partition coefficient (Wildman–Crippen LogP) is 3.27. The molecule has 1 aliphatic carbocycles. The van der Waals surface area contributed by atoms with Crippen LogP contribution in [0, 0.1) is 0 Å². The third-order valence-electron chi connectivity index (χ3n) is 3.48. The number of hydrogen-bond donors (Lipinski definition) is 0. The van der Waals surface area contributed by atoms with Gasteiger partial charge in [-0.05, 0) is 31.0 Å². The van der Waals surface area contributed by atoms with Crippen molar-refractivity contribution >= 4 is 28.2 Å². The molecule has 2 heterocycles. The highest BCUT2D eigenvalue weighted by Gasteiger charge is 2.22. The maximum Gasteiger partial charge on any atom is 0.174 e. The smallest absolute Gasteiger partial charge is 0.174 e. The van der Waals surface area contributed by atoms with Crippen LogP contribution in [0.1, 0.15) is 28.2 Å². The van der Waals surface area contributed by atoms with E-state index in [-0.39, 0.29) is 5.78 Å². The molecule has 1 aromatic carbocycles. The van der Waals surface area contributed by atoms with E-state index in [9.17, 15) is 4.79 Å². The summed E-state index contributed by atoms with van der Waals surface area (Å²) in [6, 6.07) is 5.92. The van der Waals surface area contributed by atoms with Crippen molar-refractivity contribution in [1.82, 2.24) is 15.0 Å². The van der Waals surface area contributed by atoms with Crippen LogP contribution < -0.4 is 0 Å². The third kappa shape index (κ3) is 1.82. The van der Waals surface area contributed by atoms with Crippen LogP contribution in [0.2, 0.25) is 0 Å². The lowest BCUT2D eigenvalue weighted by Crippen LogP contribution is -2.07. The molecule has 0 bridgehead atoms. The fourth-order valence-corrected chi connectivity index (χ4v) is 3.56. The van der Waals surface area contributed by atoms with Gasteiger partial charge in [-0.3, -0.25) is 14.8 Å². The summed E-state index contributed by atoms with van der Waals surface area (Å²) < 4.78 is 0. The van der Waals surface area contributed by atoms with Gasteiger partial charge in [0.15, 0.2) is 5.78 Å². The Bertz CT molecular complexity index is 825. The highest BCUT2D eigenvalue weighted by molar-refractivity contribution is 7.17. The molecule has 0 radical (unpaired) electrons. The first-order valence-corrected chi connectivity index (χ1v) is 7.37. The third-order valence-corrected chi connectivity index (χ3v) is 4.67. The summed E-state index contributed by atoms with van der Waals surface area (Å²) in [5.74, 6) is 0.232. The van der Waals surface area contributed by atoms with Crippen molar-refractivity contribution in [2.45, 2.75) is 19.3 Å². The van der Waals surface area contributed by atoms with Crippen molar-refractivity contribution in [3.63, 3.8) is 0 Å². The highest BCUT2D eigenvalue weighted by Crippen LogP contribution is 2.33. The summed E-state index contributed by atoms with van der Waals surface area (Å²) in [5.41, 5.74) is 3.68. The van der Waals surface area contributed by atoms with Gasteiger partial charge in [0.2, 0.25) is 0 Å². The number of carbonyl (C=O) groups is 1. The standard InChI is InChI=1S/C15H11N3OS/c19-13-3-1-2-11-14(13)20-15(18-11)9-4-5-10-12(8-9)17-7-6-16-10/h4-8H,1-3H2. The van der Waals surface area contributed by atoms with Crippen LogP contribution in [0.3, 0.4) is 0 Å². The summed E-state index contributed by atoms with van der Waals surface area (Å²) in [6.45, 7) is 0. The van der Waals surface area contributed by atoms with E-state index in [0.717, 1.165) is 45.0 Å². The Balaban J connectivity index is 1.85. The number of ketones is 1. The second kappa shape index (κ2) is 4.45. The van der Waals surface area contributed by atoms with Crippen molar-refractivity contribution in [1.29, 1.82) is 0 Å². The summed E-state index contributed by atoms with van der Waals surface area (Å²) in [6.07, 6.45) is 5.84. The van der Waals surface area contributed by atoms with Crippen LogP contribution in [0.5, 0.6) is 0 Å². The fourth-order valence-electron chi connectivity index (χ4n) is 2.49. The quantitative estimate of drug-likeness (QED) is 0.687. The zero-order valence-corrected chi connectivity index (χ0v) is 11.5. The topological polar surface area (TPSA) is 55.7 Å². The first-order valence-electron chi connectivity index (χ1n) is 6.55. The van der Waals surface area contributed by atoms with E-state index in [0.29, 0.717) is 6.42 Å². The molecular formula is C15H11N3OS. The summed E-state index contributed by atoms with van der Waals surface area (Å²) in [4.78, 5) is 25.9. The van der Waals surface area contributed by atoms with Gasteiger partial charge in [0.05, 0.1) is 21.6 Å². The lowest BCUT2D eigenvalue weighted by molar-refractivity contribution is 0.0976. The highest BCUT2D eigenvalue weighted by atomic mass is 32.1. The van der Waals surface area contributed by atoms with Crippen LogP contribution in [0.4, 0.5) is 0 Å². The Labute approximate surface area is 119 Å². The van der Waals surface area contributed by atoms with Crippen molar-refractivity contribution in [2.75, 3.05) is 0 Å². The maximum absolute atomic E-state index is 11.9. The number of rotatable bonds is 1. The molecular weight excluding hydrogens is 270 g/mol. The largest absolute Gasteiger partial charge is 0.293 e. The van der Waals surface area contributed by atoms with Crippen molar-refractivity contribution in [3.05, 3.63) is 41.2 Å². The average molecular weight is 281 g/mol. The number of Topliss-reactive ketones (excluding diaryl/α,β-unsaturated/α-hetero) is 1. The second-order valence-corrected chi connectivity index (χ2v) is 5.83. The number of aryl methyl sites for hydroxylation is 1. The van der Waals surface area contributed by atoms with E-state index >= 15 is 0 Å². The molecule has 0 saturated carbocycles. The zero-order valence-electron chi connectivity index (χ0n) is 10.7. The lowest BCUT2D eigenvalue weighted by atomic mass is 10.0. The number of fused-ring (bicyclic) bond motifs is 2. The normalized spacial score (nSPS) is 14.5. The number of benzene rings is 1. The number of hydrogen-bond acceptors (Lipinski definition) is 5. The van der Waals surface area contributed by atoms with Crippen LogP contribution in [-0.2, 0) is 6.42 Å². The minimum absolute atomic E-state index is 0.232. The number of aromatic nitrogens is 3.